The summed E-state index contributed by atoms with van der Waals surface area (Å²) in [4.78, 5) is 7.66. The molecule has 0 saturated carbocycles. The van der Waals surface area contributed by atoms with Crippen LogP contribution in [0.2, 0.25) is 0 Å². The van der Waals surface area contributed by atoms with Crippen LogP contribution < -0.4 is 4.90 Å². The minimum atomic E-state index is 0.378. The van der Waals surface area contributed by atoms with Crippen LogP contribution in [0, 0.1) is 11.3 Å². The van der Waals surface area contributed by atoms with Gasteiger partial charge >= 0.3 is 0 Å². The standard InChI is InChI=1S/C15H13ClN4S/c16-11-13-14(18-15-20(13)9-10-21-15)19(8-4-7-17)12-5-2-1-3-6-12/h1-3,5-6,9-10H,4,8,11H2. The number of alkyl halides is 1. The summed E-state index contributed by atoms with van der Waals surface area (Å²) in [7, 11) is 0. The second-order valence-electron chi connectivity index (χ2n) is 4.47. The van der Waals surface area contributed by atoms with Crippen molar-refractivity contribution in [1.29, 1.82) is 5.26 Å². The largest absolute Gasteiger partial charge is 0.324 e. The molecule has 0 radical (unpaired) electrons. The Morgan fingerprint density at radius 1 is 1.33 bits per heavy atom. The normalized spacial score (nSPS) is 10.7. The van der Waals surface area contributed by atoms with Gasteiger partial charge in [-0.2, -0.15) is 5.26 Å². The van der Waals surface area contributed by atoms with E-state index in [9.17, 15) is 0 Å². The zero-order chi connectivity index (χ0) is 14.7. The highest BCUT2D eigenvalue weighted by atomic mass is 35.5. The van der Waals surface area contributed by atoms with Crippen LogP contribution in [-0.2, 0) is 5.88 Å². The molecule has 0 spiro atoms. The van der Waals surface area contributed by atoms with Gasteiger partial charge in [0, 0.05) is 23.8 Å². The molecular formula is C15H13ClN4S. The summed E-state index contributed by atoms with van der Waals surface area (Å²) < 4.78 is 2.01. The minimum Gasteiger partial charge on any atom is -0.324 e. The maximum atomic E-state index is 8.91. The monoisotopic (exact) mass is 316 g/mol. The summed E-state index contributed by atoms with van der Waals surface area (Å²) in [5.41, 5.74) is 1.97. The first kappa shape index (κ1) is 13.9. The summed E-state index contributed by atoms with van der Waals surface area (Å²) in [5, 5.41) is 10.9. The van der Waals surface area contributed by atoms with Crippen molar-refractivity contribution in [3.05, 3.63) is 47.6 Å². The highest BCUT2D eigenvalue weighted by molar-refractivity contribution is 7.15. The number of rotatable bonds is 5. The summed E-state index contributed by atoms with van der Waals surface area (Å²) in [6, 6.07) is 12.2. The Bertz CT molecular complexity index is 772. The van der Waals surface area contributed by atoms with Crippen molar-refractivity contribution < 1.29 is 0 Å². The van der Waals surface area contributed by atoms with Gasteiger partial charge in [-0.05, 0) is 12.1 Å². The number of aromatic nitrogens is 2. The summed E-state index contributed by atoms with van der Waals surface area (Å²) in [6.45, 7) is 0.592. The molecular weight excluding hydrogens is 304 g/mol. The molecule has 0 amide bonds. The molecule has 21 heavy (non-hydrogen) atoms. The maximum absolute atomic E-state index is 8.91. The first-order valence-corrected chi connectivity index (χ1v) is 7.96. The summed E-state index contributed by atoms with van der Waals surface area (Å²) >= 11 is 7.70. The van der Waals surface area contributed by atoms with Crippen molar-refractivity contribution in [2.45, 2.75) is 12.3 Å². The van der Waals surface area contributed by atoms with E-state index in [1.165, 1.54) is 0 Å². The van der Waals surface area contributed by atoms with Crippen molar-refractivity contribution in [2.24, 2.45) is 0 Å². The van der Waals surface area contributed by atoms with Gasteiger partial charge in [-0.15, -0.1) is 22.9 Å². The number of thiazole rings is 1. The average Bonchev–Trinajstić information content (AvgIpc) is 3.09. The number of halogens is 1. The van der Waals surface area contributed by atoms with Crippen LogP contribution in [0.1, 0.15) is 12.1 Å². The first-order chi connectivity index (χ1) is 10.3. The topological polar surface area (TPSA) is 44.3 Å². The SMILES string of the molecule is N#CCCN(c1ccccc1)c1nc2sccn2c1CCl. The van der Waals surface area contributed by atoms with Crippen molar-refractivity contribution in [3.63, 3.8) is 0 Å². The van der Waals surface area contributed by atoms with Crippen LogP contribution in [0.3, 0.4) is 0 Å². The second kappa shape index (κ2) is 6.17. The number of hydrogen-bond donors (Lipinski definition) is 0. The van der Waals surface area contributed by atoms with Gasteiger partial charge in [0.05, 0.1) is 24.1 Å². The van der Waals surface area contributed by atoms with Crippen LogP contribution in [0.4, 0.5) is 11.5 Å². The third kappa shape index (κ3) is 2.60. The average molecular weight is 317 g/mol. The van der Waals surface area contributed by atoms with Crippen LogP contribution in [0.25, 0.3) is 4.96 Å². The zero-order valence-electron chi connectivity index (χ0n) is 11.2. The molecule has 0 fully saturated rings. The van der Waals surface area contributed by atoms with E-state index in [2.05, 4.69) is 16.0 Å². The van der Waals surface area contributed by atoms with Gasteiger partial charge in [0.2, 0.25) is 0 Å². The summed E-state index contributed by atoms with van der Waals surface area (Å²) in [6.07, 6.45) is 2.41. The molecule has 0 atom stereocenters. The molecule has 0 bridgehead atoms. The predicted octanol–water partition coefficient (Wildman–Crippen LogP) is 4.19. The van der Waals surface area contributed by atoms with E-state index in [0.29, 0.717) is 18.8 Å². The third-order valence-corrected chi connectivity index (χ3v) is 4.25. The number of nitrogens with zero attached hydrogens (tertiary/aromatic N) is 4. The molecule has 106 valence electrons. The lowest BCUT2D eigenvalue weighted by Crippen LogP contribution is -2.19. The molecule has 0 N–H and O–H groups in total. The second-order valence-corrected chi connectivity index (χ2v) is 5.61. The first-order valence-electron chi connectivity index (χ1n) is 6.55. The van der Waals surface area contributed by atoms with Gasteiger partial charge in [-0.3, -0.25) is 4.40 Å². The molecule has 2 aromatic heterocycles. The number of nitriles is 1. The van der Waals surface area contributed by atoms with Gasteiger partial charge < -0.3 is 4.90 Å². The van der Waals surface area contributed by atoms with E-state index in [1.807, 2.05) is 46.3 Å². The summed E-state index contributed by atoms with van der Waals surface area (Å²) in [5.74, 6) is 1.21. The molecule has 3 aromatic rings. The number of anilines is 2. The quantitative estimate of drug-likeness (QED) is 0.663. The van der Waals surface area contributed by atoms with Gasteiger partial charge in [-0.25, -0.2) is 4.98 Å². The molecule has 0 aliphatic carbocycles. The van der Waals surface area contributed by atoms with Crippen LogP contribution >= 0.6 is 22.9 Å². The van der Waals surface area contributed by atoms with E-state index in [4.69, 9.17) is 16.9 Å². The van der Waals surface area contributed by atoms with Gasteiger partial charge in [0.25, 0.3) is 0 Å². The van der Waals surface area contributed by atoms with Gasteiger partial charge in [0.15, 0.2) is 10.8 Å². The van der Waals surface area contributed by atoms with Crippen LogP contribution in [0.5, 0.6) is 0 Å². The van der Waals surface area contributed by atoms with Crippen molar-refractivity contribution in [2.75, 3.05) is 11.4 Å². The molecule has 0 saturated heterocycles. The fraction of sp³-hybridized carbons (Fsp3) is 0.200. The Morgan fingerprint density at radius 3 is 2.86 bits per heavy atom. The molecule has 1 aromatic carbocycles. The Balaban J connectivity index is 2.09. The fourth-order valence-corrected chi connectivity index (χ4v) is 3.26. The van der Waals surface area contributed by atoms with Crippen molar-refractivity contribution in [3.8, 4) is 6.07 Å². The van der Waals surface area contributed by atoms with Crippen molar-refractivity contribution >= 4 is 39.4 Å². The Kier molecular flexibility index (Phi) is 4.09. The molecule has 0 aliphatic heterocycles. The number of fused-ring (bicyclic) bond motifs is 1. The Hall–Kier alpha value is -2.03. The van der Waals surface area contributed by atoms with Crippen LogP contribution in [0.15, 0.2) is 41.9 Å². The van der Waals surface area contributed by atoms with E-state index in [1.54, 1.807) is 11.3 Å². The highest BCUT2D eigenvalue weighted by Gasteiger charge is 2.19. The number of para-hydroxylation sites is 1. The predicted molar refractivity (Wildman–Crippen MR) is 86.3 cm³/mol. The van der Waals surface area contributed by atoms with E-state index in [-0.39, 0.29) is 0 Å². The Labute approximate surface area is 131 Å². The van der Waals surface area contributed by atoms with E-state index >= 15 is 0 Å². The van der Waals surface area contributed by atoms with E-state index in [0.717, 1.165) is 22.2 Å². The number of benzene rings is 1. The minimum absolute atomic E-state index is 0.378. The molecule has 2 heterocycles. The van der Waals surface area contributed by atoms with E-state index < -0.39 is 0 Å². The van der Waals surface area contributed by atoms with Gasteiger partial charge in [-0.1, -0.05) is 18.2 Å². The molecule has 0 unspecified atom stereocenters. The smallest absolute Gasteiger partial charge is 0.195 e. The lowest BCUT2D eigenvalue weighted by atomic mass is 10.2. The molecule has 6 heteroatoms. The Morgan fingerprint density at radius 2 is 2.14 bits per heavy atom. The van der Waals surface area contributed by atoms with Crippen LogP contribution in [-0.4, -0.2) is 15.9 Å². The molecule has 3 rings (SSSR count). The number of imidazole rings is 1. The fourth-order valence-electron chi connectivity index (χ4n) is 2.29. The zero-order valence-corrected chi connectivity index (χ0v) is 12.8. The third-order valence-electron chi connectivity index (χ3n) is 3.24. The van der Waals surface area contributed by atoms with Crippen molar-refractivity contribution in [1.82, 2.24) is 9.38 Å². The lowest BCUT2D eigenvalue weighted by Gasteiger charge is -2.22. The maximum Gasteiger partial charge on any atom is 0.195 e. The number of hydrogen-bond acceptors (Lipinski definition) is 4. The lowest BCUT2D eigenvalue weighted by molar-refractivity contribution is 0.923. The molecule has 4 nitrogen and oxygen atoms in total. The highest BCUT2D eigenvalue weighted by Crippen LogP contribution is 2.31. The molecule has 0 aliphatic rings. The van der Waals surface area contributed by atoms with Gasteiger partial charge in [0.1, 0.15) is 0 Å².